The Kier molecular flexibility index (Phi) is 5.58. The lowest BCUT2D eigenvalue weighted by atomic mass is 10.0. The Hall–Kier alpha value is -2.82. The highest BCUT2D eigenvalue weighted by Crippen LogP contribution is 2.29. The highest BCUT2D eigenvalue weighted by molar-refractivity contribution is 5.95. The zero-order chi connectivity index (χ0) is 17.7. The molecule has 0 saturated carbocycles. The average molecular weight is 326 g/mol. The number of amides is 2. The van der Waals surface area contributed by atoms with Crippen molar-refractivity contribution in [2.45, 2.75) is 19.9 Å². The minimum atomic E-state index is -0.143. The van der Waals surface area contributed by atoms with E-state index in [2.05, 4.69) is 5.32 Å². The maximum atomic E-state index is 12.7. The first-order chi connectivity index (χ1) is 11.4. The predicted octanol–water partition coefficient (Wildman–Crippen LogP) is 3.49. The fraction of sp³-hybridized carbons (Fsp3) is 0.263. The van der Waals surface area contributed by atoms with E-state index in [1.54, 1.807) is 43.3 Å². The van der Waals surface area contributed by atoms with E-state index >= 15 is 0 Å². The molecule has 0 aliphatic heterocycles. The fourth-order valence-corrected chi connectivity index (χ4v) is 2.50. The van der Waals surface area contributed by atoms with Crippen molar-refractivity contribution < 1.29 is 14.3 Å². The molecule has 0 aliphatic carbocycles. The maximum Gasteiger partial charge on any atom is 0.254 e. The van der Waals surface area contributed by atoms with Gasteiger partial charge in [-0.05, 0) is 37.3 Å². The zero-order valence-corrected chi connectivity index (χ0v) is 14.4. The molecule has 0 saturated heterocycles. The number of hydrogen-bond acceptors (Lipinski definition) is 3. The Balaban J connectivity index is 2.17. The Morgan fingerprint density at radius 3 is 2.29 bits per heavy atom. The lowest BCUT2D eigenvalue weighted by molar-refractivity contribution is -0.114. The van der Waals surface area contributed by atoms with Gasteiger partial charge in [0.2, 0.25) is 5.91 Å². The molecule has 0 spiro atoms. The van der Waals surface area contributed by atoms with E-state index < -0.39 is 0 Å². The SMILES string of the molecule is COc1ccccc1C(C)N(C)C(=O)c1ccc(NC(C)=O)cc1. The summed E-state index contributed by atoms with van der Waals surface area (Å²) in [5.41, 5.74) is 2.18. The number of rotatable bonds is 5. The molecule has 2 aromatic carbocycles. The number of carbonyl (C=O) groups excluding carboxylic acids is 2. The van der Waals surface area contributed by atoms with E-state index in [1.165, 1.54) is 6.92 Å². The normalized spacial score (nSPS) is 11.5. The second-order valence-electron chi connectivity index (χ2n) is 5.59. The molecule has 2 aromatic rings. The first-order valence-corrected chi connectivity index (χ1v) is 7.71. The summed E-state index contributed by atoms with van der Waals surface area (Å²) < 4.78 is 5.38. The summed E-state index contributed by atoms with van der Waals surface area (Å²) in [7, 11) is 3.38. The van der Waals surface area contributed by atoms with Gasteiger partial charge in [-0.25, -0.2) is 0 Å². The second-order valence-corrected chi connectivity index (χ2v) is 5.59. The summed E-state index contributed by atoms with van der Waals surface area (Å²) in [5.74, 6) is 0.518. The van der Waals surface area contributed by atoms with Crippen LogP contribution < -0.4 is 10.1 Å². The van der Waals surface area contributed by atoms with E-state index in [0.717, 1.165) is 11.3 Å². The minimum Gasteiger partial charge on any atom is -0.496 e. The number of hydrogen-bond donors (Lipinski definition) is 1. The van der Waals surface area contributed by atoms with E-state index in [1.807, 2.05) is 31.2 Å². The maximum absolute atomic E-state index is 12.7. The molecule has 2 amide bonds. The van der Waals surface area contributed by atoms with Crippen molar-refractivity contribution in [1.82, 2.24) is 4.90 Å². The number of methoxy groups -OCH3 is 1. The summed E-state index contributed by atoms with van der Waals surface area (Å²) in [4.78, 5) is 25.4. The number of carbonyl (C=O) groups is 2. The molecule has 126 valence electrons. The van der Waals surface area contributed by atoms with Gasteiger partial charge in [-0.2, -0.15) is 0 Å². The molecule has 0 heterocycles. The molecular weight excluding hydrogens is 304 g/mol. The van der Waals surface area contributed by atoms with Crippen molar-refractivity contribution >= 4 is 17.5 Å². The lowest BCUT2D eigenvalue weighted by Crippen LogP contribution is -2.29. The van der Waals surface area contributed by atoms with Gasteiger partial charge in [0.1, 0.15) is 5.75 Å². The van der Waals surface area contributed by atoms with Gasteiger partial charge >= 0.3 is 0 Å². The third-order valence-corrected chi connectivity index (χ3v) is 3.94. The van der Waals surface area contributed by atoms with Gasteiger partial charge in [-0.3, -0.25) is 9.59 Å². The van der Waals surface area contributed by atoms with E-state index in [9.17, 15) is 9.59 Å². The number of nitrogens with one attached hydrogen (secondary N) is 1. The number of anilines is 1. The molecule has 0 aliphatic rings. The first kappa shape index (κ1) is 17.5. The fourth-order valence-electron chi connectivity index (χ4n) is 2.50. The largest absolute Gasteiger partial charge is 0.496 e. The van der Waals surface area contributed by atoms with Crippen LogP contribution in [-0.4, -0.2) is 30.9 Å². The predicted molar refractivity (Wildman–Crippen MR) is 94.2 cm³/mol. The van der Waals surface area contributed by atoms with Gasteiger partial charge in [-0.15, -0.1) is 0 Å². The van der Waals surface area contributed by atoms with Gasteiger partial charge < -0.3 is 15.0 Å². The third kappa shape index (κ3) is 3.93. The van der Waals surface area contributed by atoms with Crippen LogP contribution in [0.4, 0.5) is 5.69 Å². The molecule has 1 unspecified atom stereocenters. The summed E-state index contributed by atoms with van der Waals surface area (Å²) in [5, 5.41) is 2.68. The van der Waals surface area contributed by atoms with Crippen LogP contribution in [0.15, 0.2) is 48.5 Å². The molecule has 24 heavy (non-hydrogen) atoms. The molecule has 2 rings (SSSR count). The molecule has 0 aromatic heterocycles. The van der Waals surface area contributed by atoms with Crippen LogP contribution in [0, 0.1) is 0 Å². The summed E-state index contributed by atoms with van der Waals surface area (Å²) >= 11 is 0. The van der Waals surface area contributed by atoms with E-state index in [0.29, 0.717) is 11.3 Å². The Morgan fingerprint density at radius 2 is 1.71 bits per heavy atom. The standard InChI is InChI=1S/C19H22N2O3/c1-13(17-7-5-6-8-18(17)24-4)21(3)19(23)15-9-11-16(12-10-15)20-14(2)22/h5-13H,1-4H3,(H,20,22). The van der Waals surface area contributed by atoms with Crippen LogP contribution in [0.25, 0.3) is 0 Å². The lowest BCUT2D eigenvalue weighted by Gasteiger charge is -2.26. The summed E-state index contributed by atoms with van der Waals surface area (Å²) in [6, 6.07) is 14.4. The first-order valence-electron chi connectivity index (χ1n) is 7.71. The smallest absolute Gasteiger partial charge is 0.254 e. The van der Waals surface area contributed by atoms with Crippen molar-refractivity contribution in [1.29, 1.82) is 0 Å². The van der Waals surface area contributed by atoms with Gasteiger partial charge in [0, 0.05) is 30.8 Å². The van der Waals surface area contributed by atoms with Crippen LogP contribution >= 0.6 is 0 Å². The number of ether oxygens (including phenoxy) is 1. The van der Waals surface area contributed by atoms with Crippen molar-refractivity contribution in [3.63, 3.8) is 0 Å². The monoisotopic (exact) mass is 326 g/mol. The van der Waals surface area contributed by atoms with Crippen molar-refractivity contribution in [3.05, 3.63) is 59.7 Å². The highest BCUT2D eigenvalue weighted by Gasteiger charge is 2.21. The van der Waals surface area contributed by atoms with Gasteiger partial charge in [0.25, 0.3) is 5.91 Å². The number of benzene rings is 2. The Morgan fingerprint density at radius 1 is 1.08 bits per heavy atom. The number of para-hydroxylation sites is 1. The van der Waals surface area contributed by atoms with Gasteiger partial charge in [0.05, 0.1) is 13.2 Å². The summed E-state index contributed by atoms with van der Waals surface area (Å²) in [6.45, 7) is 3.41. The molecule has 0 radical (unpaired) electrons. The topological polar surface area (TPSA) is 58.6 Å². The minimum absolute atomic E-state index is 0.0946. The van der Waals surface area contributed by atoms with E-state index in [-0.39, 0.29) is 17.9 Å². The average Bonchev–Trinajstić information content (AvgIpc) is 2.60. The second kappa shape index (κ2) is 7.64. The van der Waals surface area contributed by atoms with Crippen LogP contribution in [0.2, 0.25) is 0 Å². The third-order valence-electron chi connectivity index (χ3n) is 3.94. The highest BCUT2D eigenvalue weighted by atomic mass is 16.5. The van der Waals surface area contributed by atoms with Crippen LogP contribution in [-0.2, 0) is 4.79 Å². The van der Waals surface area contributed by atoms with Crippen molar-refractivity contribution in [2.75, 3.05) is 19.5 Å². The Labute approximate surface area is 142 Å². The quantitative estimate of drug-likeness (QED) is 0.915. The Bertz CT molecular complexity index is 726. The molecule has 0 bridgehead atoms. The zero-order valence-electron chi connectivity index (χ0n) is 14.4. The van der Waals surface area contributed by atoms with Crippen molar-refractivity contribution in [3.8, 4) is 5.75 Å². The van der Waals surface area contributed by atoms with Crippen LogP contribution in [0.5, 0.6) is 5.75 Å². The van der Waals surface area contributed by atoms with Gasteiger partial charge in [-0.1, -0.05) is 18.2 Å². The summed E-state index contributed by atoms with van der Waals surface area (Å²) in [6.07, 6.45) is 0. The molecule has 5 nitrogen and oxygen atoms in total. The van der Waals surface area contributed by atoms with E-state index in [4.69, 9.17) is 4.74 Å². The molecule has 5 heteroatoms. The molecule has 1 atom stereocenters. The van der Waals surface area contributed by atoms with Crippen LogP contribution in [0.1, 0.15) is 35.8 Å². The molecule has 0 fully saturated rings. The van der Waals surface area contributed by atoms with Crippen molar-refractivity contribution in [2.24, 2.45) is 0 Å². The number of nitrogens with zero attached hydrogens (tertiary/aromatic N) is 1. The van der Waals surface area contributed by atoms with Crippen LogP contribution in [0.3, 0.4) is 0 Å². The molecule has 1 N–H and O–H groups in total. The molecular formula is C19H22N2O3. The van der Waals surface area contributed by atoms with Gasteiger partial charge in [0.15, 0.2) is 0 Å².